The van der Waals surface area contributed by atoms with Crippen LogP contribution >= 0.6 is 0 Å². The van der Waals surface area contributed by atoms with Gasteiger partial charge in [-0.2, -0.15) is 5.48 Å². The van der Waals surface area contributed by atoms with Gasteiger partial charge in [0.15, 0.2) is 11.6 Å². The number of halogens is 1. The van der Waals surface area contributed by atoms with Crippen LogP contribution in [0.5, 0.6) is 5.75 Å². The zero-order valence-electron chi connectivity index (χ0n) is 8.91. The Hall–Kier alpha value is -1.66. The van der Waals surface area contributed by atoms with Crippen molar-refractivity contribution in [2.24, 2.45) is 0 Å². The van der Waals surface area contributed by atoms with Crippen molar-refractivity contribution in [1.82, 2.24) is 5.48 Å². The fourth-order valence-electron chi connectivity index (χ4n) is 1.27. The van der Waals surface area contributed by atoms with Gasteiger partial charge in [-0.3, -0.25) is 0 Å². The third-order valence-electron chi connectivity index (χ3n) is 1.96. The Bertz CT molecular complexity index is 395. The van der Waals surface area contributed by atoms with Crippen LogP contribution in [-0.2, 0) is 11.4 Å². The van der Waals surface area contributed by atoms with Gasteiger partial charge in [-0.05, 0) is 17.7 Å². The molecule has 1 rings (SSSR count). The largest absolute Gasteiger partial charge is 0.493 e. The topological polar surface area (TPSA) is 67.8 Å². The molecule has 1 aromatic rings. The SMILES string of the molecule is CONCc1cc(F)c(OC)c(C(=O)O)c1. The molecule has 0 atom stereocenters. The number of hydrogen-bond donors (Lipinski definition) is 2. The second-order valence-electron chi connectivity index (χ2n) is 2.99. The highest BCUT2D eigenvalue weighted by Gasteiger charge is 2.16. The molecule has 1 aromatic carbocycles. The molecule has 0 unspecified atom stereocenters. The smallest absolute Gasteiger partial charge is 0.339 e. The summed E-state index contributed by atoms with van der Waals surface area (Å²) < 4.78 is 18.1. The number of aromatic carboxylic acids is 1. The number of carboxylic acid groups (broad SMARTS) is 1. The maximum Gasteiger partial charge on any atom is 0.339 e. The summed E-state index contributed by atoms with van der Waals surface area (Å²) in [6.07, 6.45) is 0. The van der Waals surface area contributed by atoms with E-state index >= 15 is 0 Å². The standard InChI is InChI=1S/C10H12FNO4/c1-15-9-7(10(13)14)3-6(4-8(9)11)5-12-16-2/h3-4,12H,5H2,1-2H3,(H,13,14). The van der Waals surface area contributed by atoms with Gasteiger partial charge in [-0.1, -0.05) is 0 Å². The fraction of sp³-hybridized carbons (Fsp3) is 0.300. The molecule has 88 valence electrons. The van der Waals surface area contributed by atoms with Crippen LogP contribution in [-0.4, -0.2) is 25.3 Å². The van der Waals surface area contributed by atoms with Crippen molar-refractivity contribution < 1.29 is 23.9 Å². The van der Waals surface area contributed by atoms with E-state index in [0.29, 0.717) is 5.56 Å². The summed E-state index contributed by atoms with van der Waals surface area (Å²) in [7, 11) is 2.63. The van der Waals surface area contributed by atoms with Crippen molar-refractivity contribution in [2.75, 3.05) is 14.2 Å². The molecule has 0 radical (unpaired) electrons. The molecule has 0 aliphatic heterocycles. The summed E-state index contributed by atoms with van der Waals surface area (Å²) in [5.41, 5.74) is 2.74. The molecule has 0 aromatic heterocycles. The van der Waals surface area contributed by atoms with Gasteiger partial charge in [0.25, 0.3) is 0 Å². The van der Waals surface area contributed by atoms with Crippen LogP contribution in [0, 0.1) is 5.82 Å². The molecular weight excluding hydrogens is 217 g/mol. The van der Waals surface area contributed by atoms with Crippen molar-refractivity contribution in [3.05, 3.63) is 29.1 Å². The zero-order valence-corrected chi connectivity index (χ0v) is 8.91. The lowest BCUT2D eigenvalue weighted by Gasteiger charge is -2.09. The van der Waals surface area contributed by atoms with Crippen molar-refractivity contribution in [2.45, 2.75) is 6.54 Å². The molecular formula is C10H12FNO4. The van der Waals surface area contributed by atoms with Gasteiger partial charge in [0.1, 0.15) is 5.56 Å². The van der Waals surface area contributed by atoms with Gasteiger partial charge in [-0.25, -0.2) is 9.18 Å². The predicted octanol–water partition coefficient (Wildman–Crippen LogP) is 1.18. The Morgan fingerprint density at radius 1 is 1.50 bits per heavy atom. The normalized spacial score (nSPS) is 10.2. The van der Waals surface area contributed by atoms with Crippen LogP contribution < -0.4 is 10.2 Å². The van der Waals surface area contributed by atoms with E-state index in [4.69, 9.17) is 5.11 Å². The Labute approximate surface area is 91.7 Å². The highest BCUT2D eigenvalue weighted by atomic mass is 19.1. The molecule has 2 N–H and O–H groups in total. The quantitative estimate of drug-likeness (QED) is 0.742. The van der Waals surface area contributed by atoms with Gasteiger partial charge in [-0.15, -0.1) is 0 Å². The van der Waals surface area contributed by atoms with E-state index in [1.54, 1.807) is 0 Å². The van der Waals surface area contributed by atoms with Crippen LogP contribution in [0.3, 0.4) is 0 Å². The summed E-state index contributed by atoms with van der Waals surface area (Å²) in [6.45, 7) is 0.206. The van der Waals surface area contributed by atoms with Crippen LogP contribution in [0.25, 0.3) is 0 Å². The number of nitrogens with one attached hydrogen (secondary N) is 1. The number of carbonyl (C=O) groups is 1. The van der Waals surface area contributed by atoms with E-state index in [9.17, 15) is 9.18 Å². The first-order chi connectivity index (χ1) is 7.60. The Morgan fingerprint density at radius 3 is 2.69 bits per heavy atom. The van der Waals surface area contributed by atoms with Crippen molar-refractivity contribution in [3.63, 3.8) is 0 Å². The van der Waals surface area contributed by atoms with Crippen LogP contribution in [0.1, 0.15) is 15.9 Å². The average Bonchev–Trinajstić information content (AvgIpc) is 2.25. The number of hydrogen-bond acceptors (Lipinski definition) is 4. The predicted molar refractivity (Wildman–Crippen MR) is 53.8 cm³/mol. The Morgan fingerprint density at radius 2 is 2.19 bits per heavy atom. The summed E-state index contributed by atoms with van der Waals surface area (Å²) in [6, 6.07) is 2.52. The number of methoxy groups -OCH3 is 1. The minimum absolute atomic E-state index is 0.206. The number of rotatable bonds is 5. The maximum absolute atomic E-state index is 13.4. The number of carboxylic acids is 1. The highest BCUT2D eigenvalue weighted by molar-refractivity contribution is 5.91. The maximum atomic E-state index is 13.4. The molecule has 0 amide bonds. The van der Waals surface area contributed by atoms with E-state index in [0.717, 1.165) is 0 Å². The van der Waals surface area contributed by atoms with E-state index < -0.39 is 11.8 Å². The molecule has 0 heterocycles. The number of ether oxygens (including phenoxy) is 1. The van der Waals surface area contributed by atoms with Crippen molar-refractivity contribution >= 4 is 5.97 Å². The lowest BCUT2D eigenvalue weighted by Crippen LogP contribution is -2.12. The average molecular weight is 229 g/mol. The lowest BCUT2D eigenvalue weighted by molar-refractivity contribution is 0.0691. The molecule has 0 aliphatic rings. The highest BCUT2D eigenvalue weighted by Crippen LogP contribution is 2.24. The fourth-order valence-corrected chi connectivity index (χ4v) is 1.27. The first kappa shape index (κ1) is 12.4. The molecule has 6 heteroatoms. The summed E-state index contributed by atoms with van der Waals surface area (Å²) >= 11 is 0. The van der Waals surface area contributed by atoms with Crippen LogP contribution in [0.4, 0.5) is 4.39 Å². The molecule has 0 bridgehead atoms. The van der Waals surface area contributed by atoms with E-state index in [-0.39, 0.29) is 17.9 Å². The van der Waals surface area contributed by atoms with Gasteiger partial charge in [0, 0.05) is 6.54 Å². The molecule has 0 aliphatic carbocycles. The first-order valence-corrected chi connectivity index (χ1v) is 4.45. The van der Waals surface area contributed by atoms with E-state index in [2.05, 4.69) is 15.1 Å². The van der Waals surface area contributed by atoms with Gasteiger partial charge >= 0.3 is 5.97 Å². The third-order valence-corrected chi connectivity index (χ3v) is 1.96. The molecule has 0 fully saturated rings. The third kappa shape index (κ3) is 2.68. The van der Waals surface area contributed by atoms with Gasteiger partial charge < -0.3 is 14.7 Å². The minimum Gasteiger partial charge on any atom is -0.493 e. The van der Waals surface area contributed by atoms with Crippen molar-refractivity contribution in [3.8, 4) is 5.75 Å². The molecule has 0 saturated heterocycles. The monoisotopic (exact) mass is 229 g/mol. The lowest BCUT2D eigenvalue weighted by atomic mass is 10.1. The van der Waals surface area contributed by atoms with Crippen LogP contribution in [0.15, 0.2) is 12.1 Å². The molecule has 0 saturated carbocycles. The summed E-state index contributed by atoms with van der Waals surface area (Å²) in [5.74, 6) is -2.22. The zero-order chi connectivity index (χ0) is 12.1. The molecule has 5 nitrogen and oxygen atoms in total. The molecule has 0 spiro atoms. The van der Waals surface area contributed by atoms with Gasteiger partial charge in [0.2, 0.25) is 0 Å². The van der Waals surface area contributed by atoms with E-state index in [1.165, 1.54) is 26.4 Å². The summed E-state index contributed by atoms with van der Waals surface area (Å²) in [5, 5.41) is 8.87. The minimum atomic E-state index is -1.24. The van der Waals surface area contributed by atoms with Crippen LogP contribution in [0.2, 0.25) is 0 Å². The second-order valence-corrected chi connectivity index (χ2v) is 2.99. The van der Waals surface area contributed by atoms with Crippen molar-refractivity contribution in [1.29, 1.82) is 0 Å². The second kappa shape index (κ2) is 5.43. The Kier molecular flexibility index (Phi) is 4.21. The first-order valence-electron chi connectivity index (χ1n) is 4.45. The Balaban J connectivity index is 3.12. The van der Waals surface area contributed by atoms with Gasteiger partial charge in [0.05, 0.1) is 14.2 Å². The molecule has 16 heavy (non-hydrogen) atoms. The van der Waals surface area contributed by atoms with E-state index in [1.807, 2.05) is 0 Å². The number of hydroxylamine groups is 1. The number of benzene rings is 1. The summed E-state index contributed by atoms with van der Waals surface area (Å²) in [4.78, 5) is 15.5.